The Kier molecular flexibility index (Phi) is 7.23. The summed E-state index contributed by atoms with van der Waals surface area (Å²) in [6, 6.07) is 7.88. The molecule has 2 aliphatic heterocycles. The molecular formula is C21H31N3O5. The highest BCUT2D eigenvalue weighted by Gasteiger charge is 2.42. The topological polar surface area (TPSA) is 127 Å². The maximum Gasteiger partial charge on any atom is 0.253 e. The van der Waals surface area contributed by atoms with Crippen LogP contribution < -0.4 is 5.73 Å². The van der Waals surface area contributed by atoms with Gasteiger partial charge in [0.1, 0.15) is 12.1 Å². The number of hydrogen-bond donors (Lipinski definition) is 4. The van der Waals surface area contributed by atoms with Crippen molar-refractivity contribution in [1.82, 2.24) is 9.80 Å². The highest BCUT2D eigenvalue weighted by atomic mass is 16.3. The van der Waals surface area contributed by atoms with Gasteiger partial charge in [-0.05, 0) is 44.2 Å². The summed E-state index contributed by atoms with van der Waals surface area (Å²) in [4.78, 5) is 28.2. The zero-order chi connectivity index (χ0) is 21.0. The fourth-order valence-electron chi connectivity index (χ4n) is 4.48. The highest BCUT2D eigenvalue weighted by molar-refractivity contribution is 5.89. The quantitative estimate of drug-likeness (QED) is 0.493. The number of carbonyl (C=O) groups is 2. The molecule has 2 fully saturated rings. The average molecular weight is 405 g/mol. The molecule has 8 heteroatoms. The van der Waals surface area contributed by atoms with Gasteiger partial charge >= 0.3 is 0 Å². The molecule has 3 unspecified atom stereocenters. The number of piperidine rings is 2. The first kappa shape index (κ1) is 21.7. The summed E-state index contributed by atoms with van der Waals surface area (Å²) in [5.74, 6) is -1.38. The van der Waals surface area contributed by atoms with Crippen molar-refractivity contribution in [3.8, 4) is 0 Å². The largest absolute Gasteiger partial charge is 0.392 e. The molecule has 160 valence electrons. The predicted octanol–water partition coefficient (Wildman–Crippen LogP) is -0.747. The van der Waals surface area contributed by atoms with Gasteiger partial charge in [-0.25, -0.2) is 0 Å². The summed E-state index contributed by atoms with van der Waals surface area (Å²) >= 11 is 0. The van der Waals surface area contributed by atoms with E-state index in [0.717, 1.165) is 12.0 Å². The number of likely N-dealkylation sites (tertiary alicyclic amines) is 2. The Labute approximate surface area is 170 Å². The van der Waals surface area contributed by atoms with Crippen molar-refractivity contribution in [2.75, 3.05) is 19.6 Å². The molecular weight excluding hydrogens is 374 g/mol. The molecule has 8 nitrogen and oxygen atoms in total. The van der Waals surface area contributed by atoms with Crippen LogP contribution in [0, 0.1) is 0 Å². The maximum atomic E-state index is 13.2. The number of nitrogens with zero attached hydrogens (tertiary/aromatic N) is 2. The molecule has 0 radical (unpaired) electrons. The molecule has 0 spiro atoms. The number of benzene rings is 1. The van der Waals surface area contributed by atoms with Crippen LogP contribution >= 0.6 is 0 Å². The first-order valence-electron chi connectivity index (χ1n) is 10.3. The molecule has 1 aromatic rings. The van der Waals surface area contributed by atoms with Crippen molar-refractivity contribution in [3.63, 3.8) is 0 Å². The molecule has 1 aromatic carbocycles. The number of carbonyl (C=O) groups excluding carboxylic acids is 2. The third-order valence-corrected chi connectivity index (χ3v) is 5.98. The molecule has 0 aliphatic carbocycles. The third kappa shape index (κ3) is 5.14. The van der Waals surface area contributed by atoms with Crippen molar-refractivity contribution >= 4 is 11.8 Å². The molecule has 0 saturated carbocycles. The first-order chi connectivity index (χ1) is 13.9. The van der Waals surface area contributed by atoms with Crippen LogP contribution in [-0.4, -0.2) is 87.0 Å². The van der Waals surface area contributed by atoms with Crippen LogP contribution in [-0.2, 0) is 16.0 Å². The van der Waals surface area contributed by atoms with Crippen LogP contribution in [0.2, 0.25) is 0 Å². The highest BCUT2D eigenvalue weighted by Crippen LogP contribution is 2.23. The zero-order valence-electron chi connectivity index (χ0n) is 16.6. The van der Waals surface area contributed by atoms with Crippen molar-refractivity contribution in [2.24, 2.45) is 5.73 Å². The van der Waals surface area contributed by atoms with Crippen LogP contribution in [0.25, 0.3) is 0 Å². The normalized spacial score (nSPS) is 28.0. The molecule has 2 saturated heterocycles. The number of nitrogens with two attached hydrogens (primary N) is 1. The van der Waals surface area contributed by atoms with Gasteiger partial charge in [0, 0.05) is 19.1 Å². The van der Waals surface area contributed by atoms with Crippen molar-refractivity contribution in [2.45, 2.75) is 62.5 Å². The number of aliphatic hydroxyl groups excluding tert-OH is 3. The fraction of sp³-hybridized carbons (Fsp3) is 0.619. The third-order valence-electron chi connectivity index (χ3n) is 5.98. The van der Waals surface area contributed by atoms with Crippen LogP contribution in [0.15, 0.2) is 30.3 Å². The Bertz CT molecular complexity index is 701. The van der Waals surface area contributed by atoms with E-state index in [2.05, 4.69) is 0 Å². The van der Waals surface area contributed by atoms with E-state index in [0.29, 0.717) is 38.8 Å². The van der Waals surface area contributed by atoms with Gasteiger partial charge in [0.25, 0.3) is 5.91 Å². The van der Waals surface area contributed by atoms with Crippen molar-refractivity contribution in [1.29, 1.82) is 0 Å². The summed E-state index contributed by atoms with van der Waals surface area (Å²) < 4.78 is 0. The molecule has 0 aromatic heterocycles. The van der Waals surface area contributed by atoms with Crippen LogP contribution in [0.4, 0.5) is 0 Å². The predicted molar refractivity (Wildman–Crippen MR) is 107 cm³/mol. The minimum Gasteiger partial charge on any atom is -0.392 e. The number of primary amides is 1. The number of amides is 2. The summed E-state index contributed by atoms with van der Waals surface area (Å²) in [5.41, 5.74) is 6.40. The lowest BCUT2D eigenvalue weighted by atomic mass is 9.93. The maximum absolute atomic E-state index is 13.2. The molecule has 5 atom stereocenters. The number of hydrogen-bond acceptors (Lipinski definition) is 6. The second kappa shape index (κ2) is 9.67. The SMILES string of the molecule is NC(=O)C1C(O)CCCN1C(=O)[C@H](O)[C@H](Cc1ccccc1)N1CCCC(O)C1. The van der Waals surface area contributed by atoms with Gasteiger partial charge in [-0.3, -0.25) is 14.5 Å². The van der Waals surface area contributed by atoms with E-state index in [-0.39, 0.29) is 6.54 Å². The van der Waals surface area contributed by atoms with Gasteiger partial charge in [-0.2, -0.15) is 0 Å². The van der Waals surface area contributed by atoms with Crippen molar-refractivity contribution in [3.05, 3.63) is 35.9 Å². The second-order valence-corrected chi connectivity index (χ2v) is 8.08. The lowest BCUT2D eigenvalue weighted by Crippen LogP contribution is -2.62. The smallest absolute Gasteiger partial charge is 0.253 e. The lowest BCUT2D eigenvalue weighted by molar-refractivity contribution is -0.156. The average Bonchev–Trinajstić information content (AvgIpc) is 2.71. The molecule has 0 bridgehead atoms. The van der Waals surface area contributed by atoms with Gasteiger partial charge in [-0.1, -0.05) is 30.3 Å². The van der Waals surface area contributed by atoms with Gasteiger partial charge in [-0.15, -0.1) is 0 Å². The Hall–Kier alpha value is -2.00. The summed E-state index contributed by atoms with van der Waals surface area (Å²) in [6.45, 7) is 1.31. The molecule has 29 heavy (non-hydrogen) atoms. The standard InChI is InChI=1S/C21H31N3O5/c22-20(28)18-17(26)9-5-11-24(18)21(29)19(27)16(12-14-6-2-1-3-7-14)23-10-4-8-15(25)13-23/h1-3,6-7,15-19,25-27H,4-5,8-13H2,(H2,22,28)/t15?,16-,17?,18?,19+/m0/s1. The van der Waals surface area contributed by atoms with Crippen LogP contribution in [0.1, 0.15) is 31.2 Å². The van der Waals surface area contributed by atoms with E-state index in [4.69, 9.17) is 5.73 Å². The van der Waals surface area contributed by atoms with E-state index in [9.17, 15) is 24.9 Å². The van der Waals surface area contributed by atoms with Crippen molar-refractivity contribution < 1.29 is 24.9 Å². The van der Waals surface area contributed by atoms with E-state index >= 15 is 0 Å². The molecule has 5 N–H and O–H groups in total. The van der Waals surface area contributed by atoms with E-state index in [1.807, 2.05) is 35.2 Å². The van der Waals surface area contributed by atoms with Crippen LogP contribution in [0.5, 0.6) is 0 Å². The van der Waals surface area contributed by atoms with E-state index in [1.165, 1.54) is 4.90 Å². The molecule has 3 rings (SSSR count). The zero-order valence-corrected chi connectivity index (χ0v) is 16.6. The van der Waals surface area contributed by atoms with Gasteiger partial charge in [0.2, 0.25) is 5.91 Å². The fourth-order valence-corrected chi connectivity index (χ4v) is 4.48. The monoisotopic (exact) mass is 405 g/mol. The van der Waals surface area contributed by atoms with Gasteiger partial charge < -0.3 is 26.0 Å². The number of aliphatic hydroxyl groups is 3. The summed E-state index contributed by atoms with van der Waals surface area (Å²) in [7, 11) is 0. The molecule has 2 amide bonds. The van der Waals surface area contributed by atoms with E-state index in [1.54, 1.807) is 0 Å². The van der Waals surface area contributed by atoms with Gasteiger partial charge in [0.15, 0.2) is 0 Å². The summed E-state index contributed by atoms with van der Waals surface area (Å²) in [6.07, 6.45) is -0.0960. The Morgan fingerprint density at radius 3 is 2.45 bits per heavy atom. The number of rotatable bonds is 6. The Morgan fingerprint density at radius 2 is 1.79 bits per heavy atom. The molecule has 2 aliphatic rings. The summed E-state index contributed by atoms with van der Waals surface area (Å²) in [5, 5.41) is 31.3. The second-order valence-electron chi connectivity index (χ2n) is 8.08. The Balaban J connectivity index is 1.83. The first-order valence-corrected chi connectivity index (χ1v) is 10.3. The minimum absolute atomic E-state index is 0.265. The van der Waals surface area contributed by atoms with E-state index < -0.39 is 42.2 Å². The molecule has 2 heterocycles. The lowest BCUT2D eigenvalue weighted by Gasteiger charge is -2.42. The Morgan fingerprint density at radius 1 is 1.10 bits per heavy atom. The van der Waals surface area contributed by atoms with Gasteiger partial charge in [0.05, 0.1) is 12.2 Å². The van der Waals surface area contributed by atoms with Crippen LogP contribution in [0.3, 0.4) is 0 Å². The minimum atomic E-state index is -1.40. The number of β-amino-alcohol motifs (C(OH)–C–C–N with tert-alkyl or cyclic N) is 1.